The summed E-state index contributed by atoms with van der Waals surface area (Å²) in [6, 6.07) is 6.89. The SMILES string of the molecule is C[C@@H]1CN(S(=O)(=O)CCNC(=O)NC[C@H]2COc3ccccc3O2)C[C@@H](C)O1. The van der Waals surface area contributed by atoms with Crippen molar-refractivity contribution in [1.82, 2.24) is 14.9 Å². The van der Waals surface area contributed by atoms with E-state index in [1.54, 1.807) is 6.07 Å². The van der Waals surface area contributed by atoms with Gasteiger partial charge in [0.1, 0.15) is 6.61 Å². The predicted molar refractivity (Wildman–Crippen MR) is 103 cm³/mol. The lowest BCUT2D eigenvalue weighted by Gasteiger charge is -2.34. The van der Waals surface area contributed by atoms with Crippen LogP contribution in [0.2, 0.25) is 0 Å². The van der Waals surface area contributed by atoms with Gasteiger partial charge in [0.05, 0.1) is 24.5 Å². The highest BCUT2D eigenvalue weighted by Crippen LogP contribution is 2.30. The molecule has 3 rings (SSSR count). The second-order valence-corrected chi connectivity index (χ2v) is 9.11. The van der Waals surface area contributed by atoms with E-state index in [1.165, 1.54) is 4.31 Å². The van der Waals surface area contributed by atoms with E-state index in [0.29, 0.717) is 31.2 Å². The van der Waals surface area contributed by atoms with Crippen LogP contribution in [0.5, 0.6) is 11.5 Å². The first kappa shape index (κ1) is 20.7. The molecule has 0 bridgehead atoms. The van der Waals surface area contributed by atoms with Gasteiger partial charge < -0.3 is 24.8 Å². The molecule has 10 heteroatoms. The first-order valence-corrected chi connectivity index (χ1v) is 11.0. The summed E-state index contributed by atoms with van der Waals surface area (Å²) in [7, 11) is -3.45. The van der Waals surface area contributed by atoms with Crippen LogP contribution < -0.4 is 20.1 Å². The molecule has 0 unspecified atom stereocenters. The van der Waals surface area contributed by atoms with Crippen molar-refractivity contribution < 1.29 is 27.4 Å². The predicted octanol–water partition coefficient (Wildman–Crippen LogP) is 0.565. The van der Waals surface area contributed by atoms with Crippen molar-refractivity contribution in [1.29, 1.82) is 0 Å². The van der Waals surface area contributed by atoms with E-state index in [2.05, 4.69) is 10.6 Å². The molecule has 2 amide bonds. The number of benzene rings is 1. The molecule has 156 valence electrons. The van der Waals surface area contributed by atoms with Crippen LogP contribution in [0.4, 0.5) is 4.79 Å². The highest BCUT2D eigenvalue weighted by atomic mass is 32.2. The van der Waals surface area contributed by atoms with Crippen molar-refractivity contribution in [3.05, 3.63) is 24.3 Å². The van der Waals surface area contributed by atoms with Gasteiger partial charge in [0.2, 0.25) is 10.0 Å². The Labute approximate surface area is 165 Å². The third-order valence-electron chi connectivity index (χ3n) is 4.48. The molecule has 2 N–H and O–H groups in total. The molecule has 1 aromatic carbocycles. The monoisotopic (exact) mass is 413 g/mol. The maximum atomic E-state index is 12.4. The number of fused-ring (bicyclic) bond motifs is 1. The summed E-state index contributed by atoms with van der Waals surface area (Å²) in [5.41, 5.74) is 0. The van der Waals surface area contributed by atoms with Gasteiger partial charge in [-0.25, -0.2) is 13.2 Å². The lowest BCUT2D eigenvalue weighted by atomic mass is 10.2. The van der Waals surface area contributed by atoms with E-state index in [0.717, 1.165) is 0 Å². The minimum Gasteiger partial charge on any atom is -0.486 e. The summed E-state index contributed by atoms with van der Waals surface area (Å²) in [6.07, 6.45) is -0.587. The summed E-state index contributed by atoms with van der Waals surface area (Å²) in [5.74, 6) is 1.16. The van der Waals surface area contributed by atoms with Crippen LogP contribution in [0.1, 0.15) is 13.8 Å². The number of ether oxygens (including phenoxy) is 3. The van der Waals surface area contributed by atoms with Crippen LogP contribution >= 0.6 is 0 Å². The summed E-state index contributed by atoms with van der Waals surface area (Å²) < 4.78 is 43.2. The number of carbonyl (C=O) groups excluding carboxylic acids is 1. The zero-order valence-electron chi connectivity index (χ0n) is 16.1. The number of carbonyl (C=O) groups is 1. The number of nitrogens with one attached hydrogen (secondary N) is 2. The first-order chi connectivity index (χ1) is 13.3. The number of nitrogens with zero attached hydrogens (tertiary/aromatic N) is 1. The Kier molecular flexibility index (Phi) is 6.63. The van der Waals surface area contributed by atoms with E-state index in [9.17, 15) is 13.2 Å². The van der Waals surface area contributed by atoms with Gasteiger partial charge in [0.25, 0.3) is 0 Å². The van der Waals surface area contributed by atoms with Crippen LogP contribution in [-0.4, -0.2) is 75.6 Å². The fraction of sp³-hybridized carbons (Fsp3) is 0.611. The highest BCUT2D eigenvalue weighted by Gasteiger charge is 2.30. The summed E-state index contributed by atoms with van der Waals surface area (Å²) >= 11 is 0. The largest absolute Gasteiger partial charge is 0.486 e. The number of morpholine rings is 1. The van der Waals surface area contributed by atoms with Gasteiger partial charge in [0, 0.05) is 19.6 Å². The molecule has 1 saturated heterocycles. The standard InChI is InChI=1S/C18H27N3O6S/c1-13-10-21(11-14(2)26-13)28(23,24)8-7-19-18(22)20-9-15-12-25-16-5-3-4-6-17(16)27-15/h3-6,13-15H,7-12H2,1-2H3,(H2,19,20,22)/t13-,14-,15+/m1/s1. The number of rotatable bonds is 6. The number of sulfonamides is 1. The number of amides is 2. The second-order valence-electron chi connectivity index (χ2n) is 7.02. The van der Waals surface area contributed by atoms with Gasteiger partial charge in [0.15, 0.2) is 17.6 Å². The molecular weight excluding hydrogens is 386 g/mol. The van der Waals surface area contributed by atoms with Crippen LogP contribution in [0.15, 0.2) is 24.3 Å². The Morgan fingerprint density at radius 1 is 1.14 bits per heavy atom. The van der Waals surface area contributed by atoms with E-state index in [4.69, 9.17) is 14.2 Å². The topological polar surface area (TPSA) is 106 Å². The Morgan fingerprint density at radius 3 is 2.54 bits per heavy atom. The van der Waals surface area contributed by atoms with Crippen LogP contribution in [0, 0.1) is 0 Å². The zero-order chi connectivity index (χ0) is 20.1. The zero-order valence-corrected chi connectivity index (χ0v) is 16.9. The molecule has 0 aromatic heterocycles. The lowest BCUT2D eigenvalue weighted by molar-refractivity contribution is -0.0440. The van der Waals surface area contributed by atoms with Crippen molar-refractivity contribution in [2.75, 3.05) is 38.5 Å². The Morgan fingerprint density at radius 2 is 1.82 bits per heavy atom. The maximum absolute atomic E-state index is 12.4. The minimum absolute atomic E-state index is 0.0269. The smallest absolute Gasteiger partial charge is 0.314 e. The van der Waals surface area contributed by atoms with E-state index in [-0.39, 0.29) is 37.2 Å². The molecule has 0 radical (unpaired) electrons. The summed E-state index contributed by atoms with van der Waals surface area (Å²) in [5, 5.41) is 5.26. The molecule has 0 spiro atoms. The molecule has 3 atom stereocenters. The molecule has 0 saturated carbocycles. The molecule has 2 heterocycles. The van der Waals surface area contributed by atoms with Gasteiger partial charge in [-0.15, -0.1) is 0 Å². The summed E-state index contributed by atoms with van der Waals surface area (Å²) in [6.45, 7) is 4.97. The molecule has 1 fully saturated rings. The van der Waals surface area contributed by atoms with Crippen molar-refractivity contribution in [2.24, 2.45) is 0 Å². The van der Waals surface area contributed by atoms with Crippen molar-refractivity contribution in [3.8, 4) is 11.5 Å². The van der Waals surface area contributed by atoms with Gasteiger partial charge >= 0.3 is 6.03 Å². The molecule has 2 aliphatic heterocycles. The fourth-order valence-electron chi connectivity index (χ4n) is 3.21. The van der Waals surface area contributed by atoms with Crippen LogP contribution in [0.25, 0.3) is 0 Å². The third kappa shape index (κ3) is 5.49. The Bertz CT molecular complexity index is 777. The molecule has 28 heavy (non-hydrogen) atoms. The second kappa shape index (κ2) is 8.97. The van der Waals surface area contributed by atoms with Crippen molar-refractivity contribution >= 4 is 16.1 Å². The minimum atomic E-state index is -3.45. The molecule has 2 aliphatic rings. The number of urea groups is 1. The highest BCUT2D eigenvalue weighted by molar-refractivity contribution is 7.89. The van der Waals surface area contributed by atoms with E-state index < -0.39 is 16.1 Å². The molecular formula is C18H27N3O6S. The average Bonchev–Trinajstić information content (AvgIpc) is 2.65. The number of para-hydroxylation sites is 2. The van der Waals surface area contributed by atoms with E-state index in [1.807, 2.05) is 32.0 Å². The summed E-state index contributed by atoms with van der Waals surface area (Å²) in [4.78, 5) is 12.0. The molecule has 0 aliphatic carbocycles. The van der Waals surface area contributed by atoms with E-state index >= 15 is 0 Å². The quantitative estimate of drug-likeness (QED) is 0.706. The lowest BCUT2D eigenvalue weighted by Crippen LogP contribution is -2.50. The van der Waals surface area contributed by atoms with Gasteiger partial charge in [-0.2, -0.15) is 4.31 Å². The average molecular weight is 413 g/mol. The van der Waals surface area contributed by atoms with Gasteiger partial charge in [-0.3, -0.25) is 0 Å². The van der Waals surface area contributed by atoms with Crippen LogP contribution in [0.3, 0.4) is 0 Å². The van der Waals surface area contributed by atoms with Gasteiger partial charge in [-0.05, 0) is 26.0 Å². The first-order valence-electron chi connectivity index (χ1n) is 9.37. The van der Waals surface area contributed by atoms with Crippen molar-refractivity contribution in [3.63, 3.8) is 0 Å². The third-order valence-corrected chi connectivity index (χ3v) is 6.29. The van der Waals surface area contributed by atoms with Gasteiger partial charge in [-0.1, -0.05) is 12.1 Å². The normalized spacial score (nSPS) is 25.1. The number of hydrogen-bond acceptors (Lipinski definition) is 6. The van der Waals surface area contributed by atoms with Crippen molar-refractivity contribution in [2.45, 2.75) is 32.2 Å². The number of hydrogen-bond donors (Lipinski definition) is 2. The Hall–Kier alpha value is -2.04. The fourth-order valence-corrected chi connectivity index (χ4v) is 4.71. The maximum Gasteiger partial charge on any atom is 0.314 e. The molecule has 9 nitrogen and oxygen atoms in total. The Balaban J connectivity index is 1.38. The van der Waals surface area contributed by atoms with Crippen LogP contribution in [-0.2, 0) is 14.8 Å². The molecule has 1 aromatic rings.